The van der Waals surface area contributed by atoms with Crippen molar-refractivity contribution in [3.8, 4) is 11.1 Å². The van der Waals surface area contributed by atoms with E-state index in [4.69, 9.17) is 5.11 Å². The van der Waals surface area contributed by atoms with Crippen LogP contribution in [-0.4, -0.2) is 46.0 Å². The van der Waals surface area contributed by atoms with Gasteiger partial charge in [-0.1, -0.05) is 30.3 Å². The molecule has 2 aromatic carbocycles. The summed E-state index contributed by atoms with van der Waals surface area (Å²) in [6.07, 6.45) is -0.545. The molecule has 226 valence electrons. The molecule has 43 heavy (non-hydrogen) atoms. The van der Waals surface area contributed by atoms with Crippen LogP contribution in [0.1, 0.15) is 77.3 Å². The van der Waals surface area contributed by atoms with Gasteiger partial charge in [-0.2, -0.15) is 13.2 Å². The molecule has 0 bridgehead atoms. The number of carboxylic acid groups (broad SMARTS) is 1. The minimum absolute atomic E-state index is 0.152. The van der Waals surface area contributed by atoms with Crippen molar-refractivity contribution in [2.75, 3.05) is 13.1 Å². The summed E-state index contributed by atoms with van der Waals surface area (Å²) in [5, 5.41) is 14.1. The summed E-state index contributed by atoms with van der Waals surface area (Å²) in [5.41, 5.74) is 2.35. The first-order valence-corrected chi connectivity index (χ1v) is 14.3. The van der Waals surface area contributed by atoms with Crippen LogP contribution in [0.3, 0.4) is 0 Å². The molecule has 5 rings (SSSR count). The van der Waals surface area contributed by atoms with Crippen LogP contribution in [0.2, 0.25) is 0 Å². The fourth-order valence-electron chi connectivity index (χ4n) is 5.50. The van der Waals surface area contributed by atoms with Gasteiger partial charge >= 0.3 is 12.3 Å². The predicted octanol–water partition coefficient (Wildman–Crippen LogP) is 6.14. The number of likely N-dealkylation sites (tertiary alicyclic amines) is 1. The number of nitrogens with zero attached hydrogens (tertiary/aromatic N) is 2. The number of halogens is 3. The number of hydrogen-bond acceptors (Lipinski definition) is 4. The number of pyridine rings is 1. The molecule has 1 saturated carbocycles. The normalized spacial score (nSPS) is 16.4. The van der Waals surface area contributed by atoms with E-state index in [1.165, 1.54) is 6.07 Å². The van der Waals surface area contributed by atoms with Gasteiger partial charge in [0.05, 0.1) is 11.6 Å². The van der Waals surface area contributed by atoms with Crippen molar-refractivity contribution in [2.24, 2.45) is 5.92 Å². The summed E-state index contributed by atoms with van der Waals surface area (Å²) in [6, 6.07) is 13.2. The van der Waals surface area contributed by atoms with Crippen molar-refractivity contribution in [2.45, 2.75) is 57.3 Å². The lowest BCUT2D eigenvalue weighted by Crippen LogP contribution is -2.38. The molecule has 1 aliphatic carbocycles. The van der Waals surface area contributed by atoms with Crippen molar-refractivity contribution in [3.05, 3.63) is 88.7 Å². The van der Waals surface area contributed by atoms with Crippen LogP contribution < -0.4 is 10.6 Å². The highest BCUT2D eigenvalue weighted by Gasteiger charge is 2.35. The highest BCUT2D eigenvalue weighted by atomic mass is 19.4. The molecule has 0 unspecified atom stereocenters. The van der Waals surface area contributed by atoms with Gasteiger partial charge in [0, 0.05) is 31.7 Å². The van der Waals surface area contributed by atoms with Gasteiger partial charge in [-0.15, -0.1) is 0 Å². The molecule has 1 saturated heterocycles. The van der Waals surface area contributed by atoms with Gasteiger partial charge in [0.15, 0.2) is 0 Å². The Kier molecular flexibility index (Phi) is 8.70. The number of aromatic nitrogens is 1. The fourth-order valence-corrected chi connectivity index (χ4v) is 5.50. The maximum Gasteiger partial charge on any atom is 0.416 e. The van der Waals surface area contributed by atoms with Gasteiger partial charge in [0.25, 0.3) is 5.91 Å². The van der Waals surface area contributed by atoms with Crippen molar-refractivity contribution in [1.82, 2.24) is 20.5 Å². The Labute approximate surface area is 247 Å². The Hall–Kier alpha value is -4.41. The summed E-state index contributed by atoms with van der Waals surface area (Å²) in [4.78, 5) is 42.6. The second-order valence-corrected chi connectivity index (χ2v) is 11.2. The Morgan fingerprint density at radius 2 is 1.70 bits per heavy atom. The van der Waals surface area contributed by atoms with Crippen LogP contribution in [-0.2, 0) is 17.5 Å². The number of piperidine rings is 1. The number of benzene rings is 2. The van der Waals surface area contributed by atoms with E-state index in [1.807, 2.05) is 11.0 Å². The Morgan fingerprint density at radius 3 is 2.33 bits per heavy atom. The minimum Gasteiger partial charge on any atom is -0.465 e. The molecule has 3 N–H and O–H groups in total. The van der Waals surface area contributed by atoms with Crippen molar-refractivity contribution in [3.63, 3.8) is 0 Å². The van der Waals surface area contributed by atoms with Crippen molar-refractivity contribution < 1.29 is 32.7 Å². The van der Waals surface area contributed by atoms with Crippen LogP contribution in [0.4, 0.5) is 18.0 Å². The van der Waals surface area contributed by atoms with Crippen LogP contribution in [0, 0.1) is 5.92 Å². The van der Waals surface area contributed by atoms with E-state index in [1.54, 1.807) is 43.5 Å². The third-order valence-corrected chi connectivity index (χ3v) is 8.16. The van der Waals surface area contributed by atoms with E-state index in [-0.39, 0.29) is 41.5 Å². The summed E-state index contributed by atoms with van der Waals surface area (Å²) in [7, 11) is 0. The zero-order chi connectivity index (χ0) is 30.7. The van der Waals surface area contributed by atoms with Gasteiger partial charge < -0.3 is 20.6 Å². The van der Waals surface area contributed by atoms with Crippen LogP contribution in [0.25, 0.3) is 11.1 Å². The fraction of sp³-hybridized carbons (Fsp3) is 0.375. The molecule has 2 heterocycles. The van der Waals surface area contributed by atoms with E-state index < -0.39 is 23.9 Å². The first-order chi connectivity index (χ1) is 20.5. The Morgan fingerprint density at radius 1 is 1.00 bits per heavy atom. The van der Waals surface area contributed by atoms with E-state index in [0.29, 0.717) is 11.1 Å². The second kappa shape index (κ2) is 12.4. The number of alkyl halides is 3. The first-order valence-electron chi connectivity index (χ1n) is 14.3. The molecule has 0 radical (unpaired) electrons. The summed E-state index contributed by atoms with van der Waals surface area (Å²) in [6.45, 7) is 3.08. The largest absolute Gasteiger partial charge is 0.465 e. The lowest BCUT2D eigenvalue weighted by atomic mass is 9.89. The SMILES string of the molecule is C[C@@H](NC(=O)c1cc(C2CCN(C(=O)C3CC3)CC2)ccn1)c1ccc(-c2cc(C(F)(F)F)ccc2CNC(=O)O)cc1. The molecule has 1 atom stereocenters. The molecule has 3 aromatic rings. The van der Waals surface area contributed by atoms with Crippen molar-refractivity contribution >= 4 is 17.9 Å². The number of carbonyl (C=O) groups is 3. The lowest BCUT2D eigenvalue weighted by molar-refractivity contribution is -0.137. The van der Waals surface area contributed by atoms with Gasteiger partial charge in [0.1, 0.15) is 5.69 Å². The molecule has 2 fully saturated rings. The smallest absolute Gasteiger partial charge is 0.416 e. The monoisotopic (exact) mass is 594 g/mol. The number of amides is 3. The lowest BCUT2D eigenvalue weighted by Gasteiger charge is -2.32. The molecular weight excluding hydrogens is 561 g/mol. The maximum atomic E-state index is 13.4. The van der Waals surface area contributed by atoms with Crippen LogP contribution in [0.15, 0.2) is 60.8 Å². The summed E-state index contributed by atoms with van der Waals surface area (Å²) in [5.74, 6) is 0.375. The van der Waals surface area contributed by atoms with Crippen LogP contribution >= 0.6 is 0 Å². The highest BCUT2D eigenvalue weighted by molar-refractivity contribution is 5.92. The average molecular weight is 595 g/mol. The third kappa shape index (κ3) is 7.33. The maximum absolute atomic E-state index is 13.4. The van der Waals surface area contributed by atoms with E-state index >= 15 is 0 Å². The van der Waals surface area contributed by atoms with Gasteiger partial charge in [0.2, 0.25) is 5.91 Å². The summed E-state index contributed by atoms with van der Waals surface area (Å²) < 4.78 is 40.2. The van der Waals surface area contributed by atoms with E-state index in [0.717, 1.165) is 62.0 Å². The van der Waals surface area contributed by atoms with Crippen molar-refractivity contribution in [1.29, 1.82) is 0 Å². The van der Waals surface area contributed by atoms with Gasteiger partial charge in [-0.3, -0.25) is 14.6 Å². The van der Waals surface area contributed by atoms with E-state index in [9.17, 15) is 27.6 Å². The van der Waals surface area contributed by atoms with Gasteiger partial charge in [-0.05, 0) is 90.6 Å². The minimum atomic E-state index is -4.55. The molecule has 8 nitrogen and oxygen atoms in total. The highest BCUT2D eigenvalue weighted by Crippen LogP contribution is 2.36. The van der Waals surface area contributed by atoms with Gasteiger partial charge in [-0.25, -0.2) is 4.79 Å². The Bertz CT molecular complexity index is 1500. The molecule has 11 heteroatoms. The quantitative estimate of drug-likeness (QED) is 0.290. The van der Waals surface area contributed by atoms with E-state index in [2.05, 4.69) is 15.6 Å². The first kappa shape index (κ1) is 30.1. The zero-order valence-electron chi connectivity index (χ0n) is 23.7. The predicted molar refractivity (Wildman–Crippen MR) is 153 cm³/mol. The number of hydrogen-bond donors (Lipinski definition) is 3. The zero-order valence-corrected chi connectivity index (χ0v) is 23.7. The Balaban J connectivity index is 1.25. The molecule has 1 aliphatic heterocycles. The second-order valence-electron chi connectivity index (χ2n) is 11.2. The summed E-state index contributed by atoms with van der Waals surface area (Å²) >= 11 is 0. The molecule has 2 aliphatic rings. The number of rotatable bonds is 8. The molecular formula is C32H33F3N4O4. The average Bonchev–Trinajstić information content (AvgIpc) is 3.85. The molecule has 3 amide bonds. The topological polar surface area (TPSA) is 112 Å². The number of nitrogens with one attached hydrogen (secondary N) is 2. The molecule has 1 aromatic heterocycles. The van der Waals surface area contributed by atoms with Crippen LogP contribution in [0.5, 0.6) is 0 Å². The standard InChI is InChI=1S/C32H33F3N4O4/c1-19(20-2-4-22(5-3-20)27-17-26(32(33,34)35)9-8-25(27)18-37-31(42)43)38-29(40)28-16-24(10-13-36-28)21-11-14-39(15-12-21)30(41)23-6-7-23/h2-5,8-10,13,16-17,19,21,23,37H,6-7,11-12,14-15,18H2,1H3,(H,38,40)(H,42,43)/t19-/m1/s1. The molecule has 0 spiro atoms. The number of carbonyl (C=O) groups excluding carboxylic acids is 2. The third-order valence-electron chi connectivity index (χ3n) is 8.16.